The van der Waals surface area contributed by atoms with E-state index in [1.165, 1.54) is 17.7 Å². The van der Waals surface area contributed by atoms with Gasteiger partial charge in [0.1, 0.15) is 5.82 Å². The molecular weight excluding hydrogens is 349 g/mol. The van der Waals surface area contributed by atoms with Crippen molar-refractivity contribution < 1.29 is 9.18 Å². The molecule has 0 saturated heterocycles. The quantitative estimate of drug-likeness (QED) is 0.606. The molecule has 0 aliphatic carbocycles. The Morgan fingerprint density at radius 2 is 1.58 bits per heavy atom. The van der Waals surface area contributed by atoms with Gasteiger partial charge in [0.2, 0.25) is 0 Å². The van der Waals surface area contributed by atoms with Crippen LogP contribution < -0.4 is 0 Å². The van der Waals surface area contributed by atoms with Gasteiger partial charge < -0.3 is 4.90 Å². The zero-order valence-electron chi connectivity index (χ0n) is 14.0. The van der Waals surface area contributed by atoms with Crippen molar-refractivity contribution >= 4 is 17.5 Å². The lowest BCUT2D eigenvalue weighted by Crippen LogP contribution is -2.41. The van der Waals surface area contributed by atoms with Crippen LogP contribution in [0.25, 0.3) is 0 Å². The Labute approximate surface area is 156 Å². The Bertz CT molecular complexity index is 972. The predicted octanol–water partition coefficient (Wildman–Crippen LogP) is 5.27. The number of halogens is 2. The Morgan fingerprint density at radius 1 is 0.923 bits per heavy atom. The first-order valence-electron chi connectivity index (χ1n) is 8.54. The molecule has 1 atom stereocenters. The van der Waals surface area contributed by atoms with Gasteiger partial charge in [0.25, 0.3) is 5.91 Å². The molecule has 0 saturated carbocycles. The van der Waals surface area contributed by atoms with Crippen molar-refractivity contribution in [2.24, 2.45) is 0 Å². The maximum atomic E-state index is 14.2. The molecule has 26 heavy (non-hydrogen) atoms. The molecule has 4 heteroatoms. The van der Waals surface area contributed by atoms with Crippen molar-refractivity contribution in [3.63, 3.8) is 0 Å². The normalized spacial score (nSPS) is 16.2. The second kappa shape index (κ2) is 6.93. The minimum Gasteiger partial charge on any atom is -0.327 e. The van der Waals surface area contributed by atoms with Crippen molar-refractivity contribution in [2.45, 2.75) is 12.5 Å². The molecule has 0 aromatic heterocycles. The number of fused-ring (bicyclic) bond motifs is 1. The summed E-state index contributed by atoms with van der Waals surface area (Å²) < 4.78 is 14.2. The molecule has 3 aromatic carbocycles. The molecule has 0 unspecified atom stereocenters. The summed E-state index contributed by atoms with van der Waals surface area (Å²) in [5.41, 5.74) is 3.17. The van der Waals surface area contributed by atoms with Gasteiger partial charge in [0, 0.05) is 11.6 Å². The van der Waals surface area contributed by atoms with Gasteiger partial charge in [-0.2, -0.15) is 0 Å². The number of rotatable bonds is 2. The number of amides is 1. The Kier molecular flexibility index (Phi) is 4.48. The fourth-order valence-corrected chi connectivity index (χ4v) is 3.85. The van der Waals surface area contributed by atoms with Crippen LogP contribution in [0.5, 0.6) is 0 Å². The van der Waals surface area contributed by atoms with Gasteiger partial charge >= 0.3 is 0 Å². The van der Waals surface area contributed by atoms with Gasteiger partial charge in [-0.05, 0) is 41.3 Å². The number of hydrogen-bond donors (Lipinski definition) is 0. The lowest BCUT2D eigenvalue weighted by atomic mass is 9.87. The van der Waals surface area contributed by atoms with Crippen LogP contribution in [-0.2, 0) is 6.42 Å². The molecule has 2 nitrogen and oxygen atoms in total. The maximum absolute atomic E-state index is 14.2. The monoisotopic (exact) mass is 365 g/mol. The van der Waals surface area contributed by atoms with Crippen LogP contribution in [0.1, 0.15) is 33.1 Å². The highest BCUT2D eigenvalue weighted by Gasteiger charge is 2.34. The van der Waals surface area contributed by atoms with Crippen molar-refractivity contribution in [1.82, 2.24) is 4.90 Å². The highest BCUT2D eigenvalue weighted by atomic mass is 35.5. The minimum atomic E-state index is -0.505. The van der Waals surface area contributed by atoms with Crippen LogP contribution >= 0.6 is 11.6 Å². The zero-order chi connectivity index (χ0) is 18.1. The average Bonchev–Trinajstić information content (AvgIpc) is 2.67. The smallest absolute Gasteiger partial charge is 0.257 e. The molecule has 0 spiro atoms. The van der Waals surface area contributed by atoms with Crippen LogP contribution in [-0.4, -0.2) is 17.4 Å². The molecule has 1 aliphatic rings. The van der Waals surface area contributed by atoms with E-state index in [1.807, 2.05) is 42.5 Å². The van der Waals surface area contributed by atoms with E-state index in [0.717, 1.165) is 17.5 Å². The van der Waals surface area contributed by atoms with E-state index in [0.29, 0.717) is 11.6 Å². The third-order valence-electron chi connectivity index (χ3n) is 4.85. The first-order chi connectivity index (χ1) is 12.7. The summed E-state index contributed by atoms with van der Waals surface area (Å²) in [6, 6.07) is 21.3. The van der Waals surface area contributed by atoms with E-state index in [1.54, 1.807) is 17.0 Å². The standard InChI is InChI=1S/C22H17ClFNO/c23-19-11-5-3-9-17(19)21-16-8-2-1-7-15(16)13-14-25(21)22(26)18-10-4-6-12-20(18)24/h1-12,21H,13-14H2/t21-/m0/s1. The summed E-state index contributed by atoms with van der Waals surface area (Å²) in [6.45, 7) is 0.514. The second-order valence-corrected chi connectivity index (χ2v) is 6.76. The summed E-state index contributed by atoms with van der Waals surface area (Å²) in [5.74, 6) is -0.822. The Morgan fingerprint density at radius 3 is 2.35 bits per heavy atom. The van der Waals surface area contributed by atoms with Crippen LogP contribution in [0, 0.1) is 5.82 Å². The summed E-state index contributed by atoms with van der Waals surface area (Å²) in [7, 11) is 0. The van der Waals surface area contributed by atoms with Crippen molar-refractivity contribution in [3.05, 3.63) is 106 Å². The Balaban J connectivity index is 1.85. The number of carbonyl (C=O) groups excluding carboxylic acids is 1. The SMILES string of the molecule is O=C(c1ccccc1F)N1CCc2ccccc2[C@H]1c1ccccc1Cl. The van der Waals surface area contributed by atoms with E-state index in [-0.39, 0.29) is 17.5 Å². The summed E-state index contributed by atoms with van der Waals surface area (Å²) in [6.07, 6.45) is 0.733. The highest BCUT2D eigenvalue weighted by Crippen LogP contribution is 2.38. The number of carbonyl (C=O) groups is 1. The highest BCUT2D eigenvalue weighted by molar-refractivity contribution is 6.31. The largest absolute Gasteiger partial charge is 0.327 e. The van der Waals surface area contributed by atoms with Gasteiger partial charge in [-0.25, -0.2) is 4.39 Å². The summed E-state index contributed by atoms with van der Waals surface area (Å²) in [4.78, 5) is 14.9. The predicted molar refractivity (Wildman–Crippen MR) is 101 cm³/mol. The molecule has 4 rings (SSSR count). The van der Waals surface area contributed by atoms with Gasteiger partial charge in [0.15, 0.2) is 0 Å². The van der Waals surface area contributed by atoms with E-state index in [2.05, 4.69) is 6.07 Å². The number of nitrogens with zero attached hydrogens (tertiary/aromatic N) is 1. The zero-order valence-corrected chi connectivity index (χ0v) is 14.8. The molecule has 0 radical (unpaired) electrons. The van der Waals surface area contributed by atoms with Crippen LogP contribution in [0.2, 0.25) is 5.02 Å². The van der Waals surface area contributed by atoms with Gasteiger partial charge in [-0.3, -0.25) is 4.79 Å². The van der Waals surface area contributed by atoms with E-state index in [4.69, 9.17) is 11.6 Å². The lowest BCUT2D eigenvalue weighted by Gasteiger charge is -2.38. The molecule has 3 aromatic rings. The first-order valence-corrected chi connectivity index (χ1v) is 8.92. The second-order valence-electron chi connectivity index (χ2n) is 6.35. The van der Waals surface area contributed by atoms with Crippen LogP contribution in [0.4, 0.5) is 4.39 Å². The summed E-state index contributed by atoms with van der Waals surface area (Å²) >= 11 is 6.46. The summed E-state index contributed by atoms with van der Waals surface area (Å²) in [5, 5.41) is 0.598. The fraction of sp³-hybridized carbons (Fsp3) is 0.136. The number of benzene rings is 3. The van der Waals surface area contributed by atoms with Crippen LogP contribution in [0.15, 0.2) is 72.8 Å². The van der Waals surface area contributed by atoms with E-state index >= 15 is 0 Å². The van der Waals surface area contributed by atoms with E-state index < -0.39 is 5.82 Å². The third kappa shape index (κ3) is 2.89. The van der Waals surface area contributed by atoms with E-state index in [9.17, 15) is 9.18 Å². The molecule has 1 heterocycles. The first kappa shape index (κ1) is 16.8. The van der Waals surface area contributed by atoms with Crippen molar-refractivity contribution in [2.75, 3.05) is 6.54 Å². The third-order valence-corrected chi connectivity index (χ3v) is 5.19. The number of hydrogen-bond acceptors (Lipinski definition) is 1. The Hall–Kier alpha value is -2.65. The molecule has 1 amide bonds. The maximum Gasteiger partial charge on any atom is 0.257 e. The molecule has 0 bridgehead atoms. The molecule has 1 aliphatic heterocycles. The van der Waals surface area contributed by atoms with Gasteiger partial charge in [0.05, 0.1) is 11.6 Å². The van der Waals surface area contributed by atoms with Gasteiger partial charge in [-0.1, -0.05) is 66.2 Å². The van der Waals surface area contributed by atoms with Gasteiger partial charge in [-0.15, -0.1) is 0 Å². The fourth-order valence-electron chi connectivity index (χ4n) is 3.61. The van der Waals surface area contributed by atoms with Crippen molar-refractivity contribution in [1.29, 1.82) is 0 Å². The molecular formula is C22H17ClFNO. The minimum absolute atomic E-state index is 0.0870. The molecule has 0 N–H and O–H groups in total. The van der Waals surface area contributed by atoms with Crippen LogP contribution in [0.3, 0.4) is 0 Å². The molecule has 130 valence electrons. The molecule has 0 fully saturated rings. The van der Waals surface area contributed by atoms with Crippen molar-refractivity contribution in [3.8, 4) is 0 Å². The lowest BCUT2D eigenvalue weighted by molar-refractivity contribution is 0.0690. The average molecular weight is 366 g/mol. The topological polar surface area (TPSA) is 20.3 Å².